The van der Waals surface area contributed by atoms with E-state index in [2.05, 4.69) is 27.7 Å². The minimum atomic E-state index is -0.198. The number of urea groups is 1. The molecule has 1 aliphatic carbocycles. The van der Waals surface area contributed by atoms with Gasteiger partial charge in [0.05, 0.1) is 0 Å². The first-order chi connectivity index (χ1) is 12.3. The normalized spacial score (nSPS) is 17.9. The highest BCUT2D eigenvalue weighted by molar-refractivity contribution is 5.99. The zero-order valence-electron chi connectivity index (χ0n) is 14.5. The predicted molar refractivity (Wildman–Crippen MR) is 102 cm³/mol. The van der Waals surface area contributed by atoms with E-state index in [0.29, 0.717) is 0 Å². The maximum absolute atomic E-state index is 12.2. The first kappa shape index (κ1) is 16.2. The molecule has 0 radical (unpaired) electrons. The van der Waals surface area contributed by atoms with Gasteiger partial charge in [0.25, 0.3) is 0 Å². The molecule has 1 saturated carbocycles. The van der Waals surface area contributed by atoms with Gasteiger partial charge in [0, 0.05) is 30.5 Å². The lowest BCUT2D eigenvalue weighted by Gasteiger charge is -2.36. The van der Waals surface area contributed by atoms with E-state index in [1.54, 1.807) is 0 Å². The van der Waals surface area contributed by atoms with Gasteiger partial charge in [0.1, 0.15) is 0 Å². The molecule has 0 unspecified atom stereocenters. The number of benzene rings is 2. The lowest BCUT2D eigenvalue weighted by molar-refractivity contribution is 0.133. The van der Waals surface area contributed by atoms with Crippen LogP contribution in [0.4, 0.5) is 16.2 Å². The fourth-order valence-electron chi connectivity index (χ4n) is 3.75. The Hall–Kier alpha value is -2.33. The number of rotatable bonds is 3. The summed E-state index contributed by atoms with van der Waals surface area (Å²) in [6.45, 7) is 2.30. The van der Waals surface area contributed by atoms with Crippen LogP contribution in [-0.4, -0.2) is 30.1 Å². The zero-order valence-corrected chi connectivity index (χ0v) is 14.5. The third-order valence-corrected chi connectivity index (χ3v) is 5.42. The van der Waals surface area contributed by atoms with Crippen LogP contribution in [-0.2, 0) is 12.8 Å². The van der Waals surface area contributed by atoms with Gasteiger partial charge < -0.3 is 10.6 Å². The third kappa shape index (κ3) is 3.85. The second-order valence-electron chi connectivity index (χ2n) is 7.05. The molecule has 4 heteroatoms. The van der Waals surface area contributed by atoms with Gasteiger partial charge in [-0.3, -0.25) is 4.90 Å². The summed E-state index contributed by atoms with van der Waals surface area (Å²) in [6.07, 6.45) is 6.30. The molecule has 4 nitrogen and oxygen atoms in total. The number of nitrogens with zero attached hydrogens (tertiary/aromatic N) is 1. The van der Waals surface area contributed by atoms with Crippen LogP contribution in [0.5, 0.6) is 0 Å². The summed E-state index contributed by atoms with van der Waals surface area (Å²) in [5, 5.41) is 5.82. The van der Waals surface area contributed by atoms with E-state index in [9.17, 15) is 4.79 Å². The third-order valence-electron chi connectivity index (χ3n) is 5.42. The van der Waals surface area contributed by atoms with E-state index >= 15 is 0 Å². The van der Waals surface area contributed by atoms with Gasteiger partial charge in [-0.1, -0.05) is 30.7 Å². The van der Waals surface area contributed by atoms with Crippen LogP contribution in [0.25, 0.3) is 0 Å². The SMILES string of the molecule is O=C(Nc1ccccc1)Nc1ccc2c(c1)CCN(C1CCC1)CC2. The quantitative estimate of drug-likeness (QED) is 0.879. The van der Waals surface area contributed by atoms with Crippen LogP contribution in [0.3, 0.4) is 0 Å². The summed E-state index contributed by atoms with van der Waals surface area (Å²) in [7, 11) is 0. The summed E-state index contributed by atoms with van der Waals surface area (Å²) >= 11 is 0. The summed E-state index contributed by atoms with van der Waals surface area (Å²) in [6, 6.07) is 16.5. The van der Waals surface area contributed by atoms with Crippen molar-refractivity contribution in [3.05, 3.63) is 59.7 Å². The molecule has 2 aliphatic rings. The molecule has 1 aliphatic heterocycles. The van der Waals surface area contributed by atoms with Crippen molar-refractivity contribution < 1.29 is 4.79 Å². The molecule has 0 aromatic heterocycles. The molecule has 130 valence electrons. The number of hydrogen-bond acceptors (Lipinski definition) is 2. The number of fused-ring (bicyclic) bond motifs is 1. The van der Waals surface area contributed by atoms with Crippen molar-refractivity contribution in [3.8, 4) is 0 Å². The highest BCUT2D eigenvalue weighted by atomic mass is 16.2. The smallest absolute Gasteiger partial charge is 0.308 e. The van der Waals surface area contributed by atoms with Crippen LogP contribution in [0.2, 0.25) is 0 Å². The van der Waals surface area contributed by atoms with Gasteiger partial charge in [-0.25, -0.2) is 4.79 Å². The molecular formula is C21H25N3O. The first-order valence-corrected chi connectivity index (χ1v) is 9.27. The number of carbonyl (C=O) groups is 1. The topological polar surface area (TPSA) is 44.4 Å². The average Bonchev–Trinajstić information content (AvgIpc) is 2.77. The Morgan fingerprint density at radius 3 is 2.32 bits per heavy atom. The van der Waals surface area contributed by atoms with Gasteiger partial charge in [-0.05, 0) is 61.1 Å². The molecule has 0 bridgehead atoms. The first-order valence-electron chi connectivity index (χ1n) is 9.27. The zero-order chi connectivity index (χ0) is 17.1. The highest BCUT2D eigenvalue weighted by Crippen LogP contribution is 2.28. The van der Waals surface area contributed by atoms with Crippen molar-refractivity contribution in [2.75, 3.05) is 23.7 Å². The molecule has 0 atom stereocenters. The Bertz CT molecular complexity index is 740. The summed E-state index contributed by atoms with van der Waals surface area (Å²) in [4.78, 5) is 14.8. The maximum Gasteiger partial charge on any atom is 0.323 e. The van der Waals surface area contributed by atoms with Gasteiger partial charge in [-0.15, -0.1) is 0 Å². The molecule has 0 saturated heterocycles. The van der Waals surface area contributed by atoms with Crippen LogP contribution in [0, 0.1) is 0 Å². The Labute approximate surface area is 149 Å². The number of anilines is 2. The van der Waals surface area contributed by atoms with Crippen LogP contribution in [0.1, 0.15) is 30.4 Å². The van der Waals surface area contributed by atoms with Crippen molar-refractivity contribution >= 4 is 17.4 Å². The molecule has 2 amide bonds. The number of nitrogens with one attached hydrogen (secondary N) is 2. The lowest BCUT2D eigenvalue weighted by atomic mass is 9.91. The standard InChI is InChI=1S/C21H25N3O/c25-21(22-18-5-2-1-3-6-18)23-19-10-9-16-11-13-24(20-7-4-8-20)14-12-17(16)15-19/h1-3,5-6,9-10,15,20H,4,7-8,11-14H2,(H2,22,23,25). The largest absolute Gasteiger partial charge is 0.323 e. The molecule has 1 heterocycles. The Kier molecular flexibility index (Phi) is 4.70. The summed E-state index contributed by atoms with van der Waals surface area (Å²) < 4.78 is 0. The van der Waals surface area contributed by atoms with Crippen molar-refractivity contribution in [2.45, 2.75) is 38.1 Å². The highest BCUT2D eigenvalue weighted by Gasteiger charge is 2.26. The van der Waals surface area contributed by atoms with Crippen molar-refractivity contribution in [2.24, 2.45) is 0 Å². The molecule has 2 aromatic carbocycles. The van der Waals surface area contributed by atoms with Gasteiger partial charge in [0.15, 0.2) is 0 Å². The molecule has 2 N–H and O–H groups in total. The average molecular weight is 335 g/mol. The molecular weight excluding hydrogens is 310 g/mol. The number of para-hydroxylation sites is 1. The maximum atomic E-state index is 12.2. The van der Waals surface area contributed by atoms with Gasteiger partial charge in [0.2, 0.25) is 0 Å². The summed E-state index contributed by atoms with van der Waals surface area (Å²) in [5.41, 5.74) is 4.46. The molecule has 0 spiro atoms. The number of carbonyl (C=O) groups excluding carboxylic acids is 1. The van der Waals surface area contributed by atoms with Crippen LogP contribution < -0.4 is 10.6 Å². The van der Waals surface area contributed by atoms with E-state index in [0.717, 1.165) is 36.8 Å². The van der Waals surface area contributed by atoms with E-state index in [1.165, 1.54) is 36.9 Å². The Balaban J connectivity index is 1.39. The lowest BCUT2D eigenvalue weighted by Crippen LogP contribution is -2.41. The number of hydrogen-bond donors (Lipinski definition) is 2. The molecule has 25 heavy (non-hydrogen) atoms. The van der Waals surface area contributed by atoms with Crippen molar-refractivity contribution in [1.82, 2.24) is 4.90 Å². The van der Waals surface area contributed by atoms with Crippen molar-refractivity contribution in [1.29, 1.82) is 0 Å². The summed E-state index contributed by atoms with van der Waals surface area (Å²) in [5.74, 6) is 0. The van der Waals surface area contributed by atoms with Gasteiger partial charge >= 0.3 is 6.03 Å². The van der Waals surface area contributed by atoms with Crippen LogP contribution >= 0.6 is 0 Å². The second kappa shape index (κ2) is 7.28. The minimum absolute atomic E-state index is 0.198. The van der Waals surface area contributed by atoms with E-state index in [4.69, 9.17) is 0 Å². The molecule has 4 rings (SSSR count). The minimum Gasteiger partial charge on any atom is -0.308 e. The fraction of sp³-hybridized carbons (Fsp3) is 0.381. The Morgan fingerprint density at radius 2 is 1.60 bits per heavy atom. The second-order valence-corrected chi connectivity index (χ2v) is 7.05. The van der Waals surface area contributed by atoms with Crippen molar-refractivity contribution in [3.63, 3.8) is 0 Å². The van der Waals surface area contributed by atoms with Crippen LogP contribution in [0.15, 0.2) is 48.5 Å². The van der Waals surface area contributed by atoms with E-state index in [1.807, 2.05) is 36.4 Å². The monoisotopic (exact) mass is 335 g/mol. The molecule has 1 fully saturated rings. The van der Waals surface area contributed by atoms with E-state index in [-0.39, 0.29) is 6.03 Å². The van der Waals surface area contributed by atoms with E-state index < -0.39 is 0 Å². The number of amides is 2. The fourth-order valence-corrected chi connectivity index (χ4v) is 3.75. The predicted octanol–water partition coefficient (Wildman–Crippen LogP) is 4.28. The van der Waals surface area contributed by atoms with Gasteiger partial charge in [-0.2, -0.15) is 0 Å². The Morgan fingerprint density at radius 1 is 0.880 bits per heavy atom. The molecule has 2 aromatic rings.